The van der Waals surface area contributed by atoms with Gasteiger partial charge in [0.05, 0.1) is 18.6 Å². The minimum atomic E-state index is -0.621. The summed E-state index contributed by atoms with van der Waals surface area (Å²) < 4.78 is 9.74. The molecule has 1 saturated heterocycles. The van der Waals surface area contributed by atoms with Gasteiger partial charge < -0.3 is 19.7 Å². The van der Waals surface area contributed by atoms with Gasteiger partial charge in [-0.25, -0.2) is 4.79 Å². The Morgan fingerprint density at radius 3 is 2.48 bits per heavy atom. The number of carbonyl (C=O) groups is 4. The lowest BCUT2D eigenvalue weighted by molar-refractivity contribution is -0.151. The normalized spacial score (nSPS) is 15.5. The van der Waals surface area contributed by atoms with Crippen molar-refractivity contribution in [2.45, 2.75) is 19.8 Å². The van der Waals surface area contributed by atoms with E-state index >= 15 is 0 Å². The lowest BCUT2D eigenvalue weighted by atomic mass is 10.1. The number of aryl methyl sites for hydroxylation is 1. The van der Waals surface area contributed by atoms with Crippen molar-refractivity contribution in [3.8, 4) is 0 Å². The Kier molecular flexibility index (Phi) is 7.02. The van der Waals surface area contributed by atoms with Crippen molar-refractivity contribution in [2.75, 3.05) is 30.5 Å². The van der Waals surface area contributed by atoms with Gasteiger partial charge in [-0.15, -0.1) is 0 Å². The number of ether oxygens (including phenoxy) is 2. The van der Waals surface area contributed by atoms with Gasteiger partial charge in [-0.1, -0.05) is 25.1 Å². The van der Waals surface area contributed by atoms with Crippen molar-refractivity contribution < 1.29 is 28.7 Å². The SMILES string of the molecule is CCc1ccccc1N1C[C@@H](C(=O)OCC(=O)Nc2ccc(C(=O)OC)cc2)CC1=O. The highest BCUT2D eigenvalue weighted by atomic mass is 16.5. The summed E-state index contributed by atoms with van der Waals surface area (Å²) in [5, 5.41) is 2.58. The highest BCUT2D eigenvalue weighted by Gasteiger charge is 2.37. The van der Waals surface area contributed by atoms with Gasteiger partial charge in [-0.2, -0.15) is 0 Å². The summed E-state index contributed by atoms with van der Waals surface area (Å²) in [6.07, 6.45) is 0.823. The van der Waals surface area contributed by atoms with Crippen LogP contribution in [-0.2, 0) is 30.3 Å². The molecule has 2 aromatic rings. The molecule has 0 saturated carbocycles. The summed E-state index contributed by atoms with van der Waals surface area (Å²) in [5.41, 5.74) is 2.64. The van der Waals surface area contributed by atoms with Crippen molar-refractivity contribution >= 4 is 35.1 Å². The summed E-state index contributed by atoms with van der Waals surface area (Å²) >= 11 is 0. The third-order valence-corrected chi connectivity index (χ3v) is 5.06. The van der Waals surface area contributed by atoms with E-state index in [2.05, 4.69) is 10.1 Å². The van der Waals surface area contributed by atoms with Gasteiger partial charge in [-0.3, -0.25) is 14.4 Å². The van der Waals surface area contributed by atoms with Gasteiger partial charge in [0.25, 0.3) is 5.91 Å². The Labute approximate surface area is 180 Å². The van der Waals surface area contributed by atoms with Gasteiger partial charge in [-0.05, 0) is 42.3 Å². The van der Waals surface area contributed by atoms with Crippen LogP contribution in [0.2, 0.25) is 0 Å². The molecule has 31 heavy (non-hydrogen) atoms. The Hall–Kier alpha value is -3.68. The number of para-hydroxylation sites is 1. The van der Waals surface area contributed by atoms with E-state index in [1.54, 1.807) is 17.0 Å². The topological polar surface area (TPSA) is 102 Å². The van der Waals surface area contributed by atoms with Crippen LogP contribution in [0.5, 0.6) is 0 Å². The second-order valence-corrected chi connectivity index (χ2v) is 7.11. The highest BCUT2D eigenvalue weighted by Crippen LogP contribution is 2.29. The number of hydrogen-bond donors (Lipinski definition) is 1. The molecule has 162 valence electrons. The van der Waals surface area contributed by atoms with E-state index in [4.69, 9.17) is 4.74 Å². The van der Waals surface area contributed by atoms with Crippen LogP contribution in [0.4, 0.5) is 11.4 Å². The minimum Gasteiger partial charge on any atom is -0.465 e. The summed E-state index contributed by atoms with van der Waals surface area (Å²) in [6, 6.07) is 13.7. The van der Waals surface area contributed by atoms with Crippen LogP contribution in [0.25, 0.3) is 0 Å². The number of methoxy groups -OCH3 is 1. The first-order chi connectivity index (χ1) is 14.9. The monoisotopic (exact) mass is 424 g/mol. The molecule has 0 aliphatic carbocycles. The maximum absolute atomic E-state index is 12.4. The van der Waals surface area contributed by atoms with Crippen molar-refractivity contribution in [1.82, 2.24) is 0 Å². The molecular weight excluding hydrogens is 400 g/mol. The molecule has 0 radical (unpaired) electrons. The van der Waals surface area contributed by atoms with Crippen LogP contribution in [0.3, 0.4) is 0 Å². The summed E-state index contributed by atoms with van der Waals surface area (Å²) in [5.74, 6) is -2.34. The number of amides is 2. The predicted octanol–water partition coefficient (Wildman–Crippen LogP) is 2.57. The van der Waals surface area contributed by atoms with Crippen LogP contribution < -0.4 is 10.2 Å². The van der Waals surface area contributed by atoms with E-state index < -0.39 is 30.4 Å². The molecule has 0 aromatic heterocycles. The zero-order valence-corrected chi connectivity index (χ0v) is 17.4. The maximum atomic E-state index is 12.4. The lowest BCUT2D eigenvalue weighted by Crippen LogP contribution is -2.28. The number of hydrogen-bond acceptors (Lipinski definition) is 6. The van der Waals surface area contributed by atoms with E-state index in [-0.39, 0.29) is 18.9 Å². The molecule has 0 bridgehead atoms. The average molecular weight is 424 g/mol. The van der Waals surface area contributed by atoms with Gasteiger partial charge in [0, 0.05) is 24.3 Å². The fourth-order valence-corrected chi connectivity index (χ4v) is 3.43. The van der Waals surface area contributed by atoms with Crippen LogP contribution in [0.15, 0.2) is 48.5 Å². The van der Waals surface area contributed by atoms with E-state index in [0.29, 0.717) is 11.3 Å². The van der Waals surface area contributed by atoms with Gasteiger partial charge >= 0.3 is 11.9 Å². The molecule has 1 atom stereocenters. The number of anilines is 2. The van der Waals surface area contributed by atoms with E-state index in [9.17, 15) is 19.2 Å². The highest BCUT2D eigenvalue weighted by molar-refractivity contribution is 6.00. The van der Waals surface area contributed by atoms with Gasteiger partial charge in [0.1, 0.15) is 0 Å². The first kappa shape index (κ1) is 22.0. The van der Waals surface area contributed by atoms with Gasteiger partial charge in [0.2, 0.25) is 5.91 Å². The molecule has 8 heteroatoms. The number of carbonyl (C=O) groups excluding carboxylic acids is 4. The second-order valence-electron chi connectivity index (χ2n) is 7.11. The van der Waals surface area contributed by atoms with Crippen molar-refractivity contribution in [1.29, 1.82) is 0 Å². The van der Waals surface area contributed by atoms with Crippen LogP contribution in [-0.4, -0.2) is 44.0 Å². The number of nitrogens with zero attached hydrogens (tertiary/aromatic N) is 1. The number of nitrogens with one attached hydrogen (secondary N) is 1. The van der Waals surface area contributed by atoms with Crippen molar-refractivity contribution in [3.63, 3.8) is 0 Å². The van der Waals surface area contributed by atoms with Crippen molar-refractivity contribution in [2.24, 2.45) is 5.92 Å². The largest absolute Gasteiger partial charge is 0.465 e. The van der Waals surface area contributed by atoms with Crippen LogP contribution in [0.1, 0.15) is 29.3 Å². The van der Waals surface area contributed by atoms with Crippen LogP contribution in [0, 0.1) is 5.92 Å². The van der Waals surface area contributed by atoms with Crippen molar-refractivity contribution in [3.05, 3.63) is 59.7 Å². The first-order valence-electron chi connectivity index (χ1n) is 9.96. The standard InChI is InChI=1S/C23H24N2O6/c1-3-15-6-4-5-7-19(15)25-13-17(12-21(25)27)23(29)31-14-20(26)24-18-10-8-16(9-11-18)22(28)30-2/h4-11,17H,3,12-14H2,1-2H3,(H,24,26)/t17-/m0/s1. The zero-order valence-electron chi connectivity index (χ0n) is 17.4. The number of rotatable bonds is 7. The van der Waals surface area contributed by atoms with E-state index in [0.717, 1.165) is 17.7 Å². The summed E-state index contributed by atoms with van der Waals surface area (Å²) in [7, 11) is 1.28. The molecule has 1 heterocycles. The fraction of sp³-hybridized carbons (Fsp3) is 0.304. The molecule has 2 amide bonds. The molecule has 8 nitrogen and oxygen atoms in total. The molecule has 1 fully saturated rings. The molecule has 1 aliphatic rings. The molecule has 1 aliphatic heterocycles. The quantitative estimate of drug-likeness (QED) is 0.686. The first-order valence-corrected chi connectivity index (χ1v) is 9.96. The van der Waals surface area contributed by atoms with Crippen LogP contribution >= 0.6 is 0 Å². The smallest absolute Gasteiger partial charge is 0.337 e. The fourth-order valence-electron chi connectivity index (χ4n) is 3.43. The second kappa shape index (κ2) is 9.88. The maximum Gasteiger partial charge on any atom is 0.337 e. The predicted molar refractivity (Wildman–Crippen MR) is 114 cm³/mol. The molecule has 0 spiro atoms. The number of benzene rings is 2. The third kappa shape index (κ3) is 5.28. The minimum absolute atomic E-state index is 0.0491. The lowest BCUT2D eigenvalue weighted by Gasteiger charge is -2.19. The zero-order chi connectivity index (χ0) is 22.4. The summed E-state index contributed by atoms with van der Waals surface area (Å²) in [4.78, 5) is 50.0. The third-order valence-electron chi connectivity index (χ3n) is 5.06. The Morgan fingerprint density at radius 2 is 1.81 bits per heavy atom. The molecule has 2 aromatic carbocycles. The summed E-state index contributed by atoms with van der Waals surface area (Å²) in [6.45, 7) is 1.77. The number of esters is 2. The molecule has 3 rings (SSSR count). The van der Waals surface area contributed by atoms with Gasteiger partial charge in [0.15, 0.2) is 6.61 Å². The van der Waals surface area contributed by atoms with E-state index in [1.165, 1.54) is 19.2 Å². The Balaban J connectivity index is 1.52. The Morgan fingerprint density at radius 1 is 1.10 bits per heavy atom. The average Bonchev–Trinajstić information content (AvgIpc) is 3.18. The Bertz CT molecular complexity index is 986. The molecular formula is C23H24N2O6. The molecule has 1 N–H and O–H groups in total. The van der Waals surface area contributed by atoms with E-state index in [1.807, 2.05) is 31.2 Å². The molecule has 0 unspecified atom stereocenters.